The molecular formula is C21H21ClN2O2S. The zero-order valence-corrected chi connectivity index (χ0v) is 16.6. The summed E-state index contributed by atoms with van der Waals surface area (Å²) in [4.78, 5) is 28.4. The van der Waals surface area contributed by atoms with E-state index in [1.807, 2.05) is 48.5 Å². The van der Waals surface area contributed by atoms with Gasteiger partial charge < -0.3 is 5.32 Å². The van der Waals surface area contributed by atoms with Gasteiger partial charge in [-0.25, -0.2) is 0 Å². The van der Waals surface area contributed by atoms with Gasteiger partial charge in [0.05, 0.1) is 10.6 Å². The summed E-state index contributed by atoms with van der Waals surface area (Å²) in [5, 5.41) is 3.49. The van der Waals surface area contributed by atoms with E-state index in [-0.39, 0.29) is 18.4 Å². The Hall–Kier alpha value is -2.24. The molecule has 0 aromatic heterocycles. The number of halogens is 1. The number of para-hydroxylation sites is 1. The molecule has 3 rings (SSSR count). The van der Waals surface area contributed by atoms with Gasteiger partial charge in [0.25, 0.3) is 5.91 Å². The molecule has 1 heterocycles. The van der Waals surface area contributed by atoms with Gasteiger partial charge in [-0.05, 0) is 42.3 Å². The lowest BCUT2D eigenvalue weighted by atomic mass is 10.2. The Balaban J connectivity index is 1.87. The van der Waals surface area contributed by atoms with Crippen LogP contribution in [0.2, 0.25) is 5.02 Å². The van der Waals surface area contributed by atoms with Crippen LogP contribution in [0.3, 0.4) is 0 Å². The maximum atomic E-state index is 13.1. The average Bonchev–Trinajstić information content (AvgIpc) is 2.65. The molecule has 27 heavy (non-hydrogen) atoms. The fourth-order valence-electron chi connectivity index (χ4n) is 2.77. The summed E-state index contributed by atoms with van der Waals surface area (Å²) in [6.07, 6.45) is 3.75. The SMILES string of the molecule is CCCCNC(=O)CN1C(=O)C(=Cc2cccc(Cl)c2)Sc2ccccc21. The summed E-state index contributed by atoms with van der Waals surface area (Å²) in [7, 11) is 0. The van der Waals surface area contributed by atoms with Crippen molar-refractivity contribution in [1.29, 1.82) is 0 Å². The van der Waals surface area contributed by atoms with Crippen LogP contribution in [0.1, 0.15) is 25.3 Å². The standard InChI is InChI=1S/C21H21ClN2O2S/c1-2-3-11-23-20(25)14-24-17-9-4-5-10-18(17)27-19(21(24)26)13-15-7-6-8-16(22)12-15/h4-10,12-13H,2-3,11,14H2,1H3,(H,23,25). The molecule has 0 unspecified atom stereocenters. The number of nitrogens with one attached hydrogen (secondary N) is 1. The highest BCUT2D eigenvalue weighted by Gasteiger charge is 2.30. The van der Waals surface area contributed by atoms with E-state index < -0.39 is 0 Å². The van der Waals surface area contributed by atoms with E-state index >= 15 is 0 Å². The van der Waals surface area contributed by atoms with Gasteiger partial charge in [-0.2, -0.15) is 0 Å². The number of amides is 2. The maximum absolute atomic E-state index is 13.1. The third-order valence-electron chi connectivity index (χ3n) is 4.13. The molecule has 1 aliphatic rings. The minimum atomic E-state index is -0.177. The van der Waals surface area contributed by atoms with E-state index in [4.69, 9.17) is 11.6 Å². The number of nitrogens with zero attached hydrogens (tertiary/aromatic N) is 1. The van der Waals surface area contributed by atoms with E-state index in [9.17, 15) is 9.59 Å². The number of carbonyl (C=O) groups is 2. The molecule has 0 aliphatic carbocycles. The first kappa shape index (κ1) is 19.5. The van der Waals surface area contributed by atoms with E-state index in [1.54, 1.807) is 11.0 Å². The van der Waals surface area contributed by atoms with Gasteiger partial charge >= 0.3 is 0 Å². The molecule has 2 aromatic carbocycles. The number of rotatable bonds is 6. The van der Waals surface area contributed by atoms with E-state index in [0.717, 1.165) is 29.0 Å². The molecule has 6 heteroatoms. The number of benzene rings is 2. The van der Waals surface area contributed by atoms with Gasteiger partial charge in [-0.1, -0.05) is 61.0 Å². The number of fused-ring (bicyclic) bond motifs is 1. The van der Waals surface area contributed by atoms with Crippen LogP contribution in [-0.2, 0) is 9.59 Å². The predicted octanol–water partition coefficient (Wildman–Crippen LogP) is 4.74. The minimum absolute atomic E-state index is 0.00695. The first-order valence-corrected chi connectivity index (χ1v) is 10.1. The Kier molecular flexibility index (Phi) is 6.58. The molecule has 0 saturated carbocycles. The summed E-state index contributed by atoms with van der Waals surface area (Å²) >= 11 is 7.47. The van der Waals surface area contributed by atoms with Crippen molar-refractivity contribution in [3.63, 3.8) is 0 Å². The van der Waals surface area contributed by atoms with Gasteiger partial charge in [0, 0.05) is 16.5 Å². The monoisotopic (exact) mass is 400 g/mol. The van der Waals surface area contributed by atoms with Crippen LogP contribution in [-0.4, -0.2) is 24.9 Å². The molecule has 0 atom stereocenters. The molecule has 140 valence electrons. The van der Waals surface area contributed by atoms with Crippen molar-refractivity contribution < 1.29 is 9.59 Å². The largest absolute Gasteiger partial charge is 0.355 e. The highest BCUT2D eigenvalue weighted by Crippen LogP contribution is 2.41. The third kappa shape index (κ3) is 4.93. The topological polar surface area (TPSA) is 49.4 Å². The first-order chi connectivity index (χ1) is 13.1. The van der Waals surface area contributed by atoms with Crippen molar-refractivity contribution in [3.05, 3.63) is 64.0 Å². The van der Waals surface area contributed by atoms with Crippen LogP contribution in [0.5, 0.6) is 0 Å². The second-order valence-corrected chi connectivity index (χ2v) is 7.75. The zero-order chi connectivity index (χ0) is 19.2. The number of hydrogen-bond acceptors (Lipinski definition) is 3. The number of hydrogen-bond donors (Lipinski definition) is 1. The first-order valence-electron chi connectivity index (χ1n) is 8.91. The van der Waals surface area contributed by atoms with Crippen LogP contribution >= 0.6 is 23.4 Å². The van der Waals surface area contributed by atoms with Gasteiger partial charge in [0.2, 0.25) is 5.91 Å². The van der Waals surface area contributed by atoms with E-state index in [0.29, 0.717) is 16.5 Å². The van der Waals surface area contributed by atoms with Crippen LogP contribution < -0.4 is 10.2 Å². The number of thioether (sulfide) groups is 1. The minimum Gasteiger partial charge on any atom is -0.355 e. The molecule has 0 fully saturated rings. The number of carbonyl (C=O) groups excluding carboxylic acids is 2. The van der Waals surface area contributed by atoms with Crippen LogP contribution in [0.4, 0.5) is 5.69 Å². The fraction of sp³-hybridized carbons (Fsp3) is 0.238. The number of anilines is 1. The average molecular weight is 401 g/mol. The smallest absolute Gasteiger partial charge is 0.265 e. The Morgan fingerprint density at radius 3 is 2.81 bits per heavy atom. The molecule has 1 N–H and O–H groups in total. The molecule has 4 nitrogen and oxygen atoms in total. The number of unbranched alkanes of at least 4 members (excludes halogenated alkanes) is 1. The molecule has 0 radical (unpaired) electrons. The lowest BCUT2D eigenvalue weighted by Gasteiger charge is -2.29. The van der Waals surface area contributed by atoms with Crippen LogP contribution in [0.25, 0.3) is 6.08 Å². The van der Waals surface area contributed by atoms with Crippen molar-refractivity contribution in [2.24, 2.45) is 0 Å². The van der Waals surface area contributed by atoms with Crippen molar-refractivity contribution in [2.75, 3.05) is 18.0 Å². The van der Waals surface area contributed by atoms with Crippen molar-refractivity contribution in [1.82, 2.24) is 5.32 Å². The lowest BCUT2D eigenvalue weighted by molar-refractivity contribution is -0.122. The molecule has 2 aromatic rings. The van der Waals surface area contributed by atoms with Gasteiger partial charge in [0.1, 0.15) is 6.54 Å². The van der Waals surface area contributed by atoms with Gasteiger partial charge in [-0.15, -0.1) is 0 Å². The van der Waals surface area contributed by atoms with Gasteiger partial charge in [-0.3, -0.25) is 14.5 Å². The van der Waals surface area contributed by atoms with Crippen molar-refractivity contribution in [2.45, 2.75) is 24.7 Å². The maximum Gasteiger partial charge on any atom is 0.265 e. The van der Waals surface area contributed by atoms with Crippen molar-refractivity contribution in [3.8, 4) is 0 Å². The molecule has 1 aliphatic heterocycles. The third-order valence-corrected chi connectivity index (χ3v) is 5.45. The van der Waals surface area contributed by atoms with Crippen LogP contribution in [0.15, 0.2) is 58.3 Å². The molecule has 0 bridgehead atoms. The second-order valence-electron chi connectivity index (χ2n) is 6.23. The Labute approximate surface area is 168 Å². The Morgan fingerprint density at radius 1 is 1.22 bits per heavy atom. The summed E-state index contributed by atoms with van der Waals surface area (Å²) in [6.45, 7) is 2.70. The van der Waals surface area contributed by atoms with E-state index in [2.05, 4.69) is 12.2 Å². The molecule has 2 amide bonds. The second kappa shape index (κ2) is 9.11. The highest BCUT2D eigenvalue weighted by atomic mass is 35.5. The summed E-state index contributed by atoms with van der Waals surface area (Å²) in [5.41, 5.74) is 1.62. The Bertz CT molecular complexity index is 882. The highest BCUT2D eigenvalue weighted by molar-refractivity contribution is 8.04. The lowest BCUT2D eigenvalue weighted by Crippen LogP contribution is -2.42. The molecule has 0 saturated heterocycles. The molecule has 0 spiro atoms. The predicted molar refractivity (Wildman–Crippen MR) is 112 cm³/mol. The van der Waals surface area contributed by atoms with Crippen molar-refractivity contribution >= 4 is 46.9 Å². The van der Waals surface area contributed by atoms with Gasteiger partial charge in [0.15, 0.2) is 0 Å². The summed E-state index contributed by atoms with van der Waals surface area (Å²) in [5.74, 6) is -0.329. The summed E-state index contributed by atoms with van der Waals surface area (Å²) < 4.78 is 0. The van der Waals surface area contributed by atoms with Crippen LogP contribution in [0, 0.1) is 0 Å². The fourth-order valence-corrected chi connectivity index (χ4v) is 4.03. The summed E-state index contributed by atoms with van der Waals surface area (Å²) in [6, 6.07) is 15.0. The quantitative estimate of drug-likeness (QED) is 0.563. The van der Waals surface area contributed by atoms with E-state index in [1.165, 1.54) is 11.8 Å². The molecular weight excluding hydrogens is 380 g/mol. The normalized spacial score (nSPS) is 15.0. The Morgan fingerprint density at radius 2 is 2.04 bits per heavy atom. The zero-order valence-electron chi connectivity index (χ0n) is 15.1.